The van der Waals surface area contributed by atoms with Crippen LogP contribution in [0, 0.1) is 11.3 Å². The molecule has 1 aromatic rings. The molecule has 0 radical (unpaired) electrons. The van der Waals surface area contributed by atoms with Crippen LogP contribution in [0.2, 0.25) is 0 Å². The van der Waals surface area contributed by atoms with Gasteiger partial charge < -0.3 is 9.47 Å². The van der Waals surface area contributed by atoms with Gasteiger partial charge in [0.25, 0.3) is 0 Å². The standard InChI is InChI=1S/C24H38O2/c1-5-19-11-13-21(14-12-19)25-22(10-6-7-15-23(2,3)4)26-24-16-8-9-20(17-24)18-24/h11-14,20,22H,5-10,15-18H2,1-4H3. The first-order chi connectivity index (χ1) is 12.4. The number of fused-ring (bicyclic) bond motifs is 2. The lowest BCUT2D eigenvalue weighted by Crippen LogP contribution is -2.52. The van der Waals surface area contributed by atoms with Gasteiger partial charge >= 0.3 is 0 Å². The molecule has 3 saturated carbocycles. The van der Waals surface area contributed by atoms with Crippen molar-refractivity contribution in [1.29, 1.82) is 0 Å². The van der Waals surface area contributed by atoms with Crippen LogP contribution in [0.15, 0.2) is 24.3 Å². The molecule has 1 unspecified atom stereocenters. The first-order valence-corrected chi connectivity index (χ1v) is 10.8. The fourth-order valence-electron chi connectivity index (χ4n) is 4.61. The van der Waals surface area contributed by atoms with Gasteiger partial charge in [0.15, 0.2) is 6.29 Å². The molecule has 146 valence electrons. The van der Waals surface area contributed by atoms with E-state index in [4.69, 9.17) is 9.47 Å². The number of ether oxygens (including phenoxy) is 2. The maximum atomic E-state index is 6.62. The SMILES string of the molecule is CCc1ccc(OC(CCCCC(C)(C)C)OC23CCCC(C2)C3)cc1. The predicted octanol–water partition coefficient (Wildman–Crippen LogP) is 6.91. The maximum absolute atomic E-state index is 6.62. The first kappa shape index (κ1) is 19.7. The Labute approximate surface area is 160 Å². The molecule has 1 aromatic carbocycles. The average molecular weight is 359 g/mol. The highest BCUT2D eigenvalue weighted by Gasteiger charge is 2.49. The Balaban J connectivity index is 1.56. The summed E-state index contributed by atoms with van der Waals surface area (Å²) in [6.45, 7) is 9.15. The lowest BCUT2D eigenvalue weighted by molar-refractivity contribution is -0.236. The summed E-state index contributed by atoms with van der Waals surface area (Å²) in [6.07, 6.45) is 12.1. The van der Waals surface area contributed by atoms with E-state index < -0.39 is 0 Å². The van der Waals surface area contributed by atoms with Crippen LogP contribution >= 0.6 is 0 Å². The van der Waals surface area contributed by atoms with Gasteiger partial charge in [-0.25, -0.2) is 0 Å². The molecule has 0 aliphatic heterocycles. The second-order valence-corrected chi connectivity index (χ2v) is 9.82. The highest BCUT2D eigenvalue weighted by molar-refractivity contribution is 5.27. The van der Waals surface area contributed by atoms with Crippen molar-refractivity contribution >= 4 is 0 Å². The van der Waals surface area contributed by atoms with Crippen molar-refractivity contribution in [3.8, 4) is 5.75 Å². The van der Waals surface area contributed by atoms with Crippen LogP contribution in [-0.4, -0.2) is 11.9 Å². The van der Waals surface area contributed by atoms with Crippen molar-refractivity contribution in [2.75, 3.05) is 0 Å². The molecule has 4 rings (SSSR count). The fraction of sp³-hybridized carbons (Fsp3) is 0.750. The molecule has 3 aliphatic carbocycles. The van der Waals surface area contributed by atoms with Gasteiger partial charge in [-0.05, 0) is 67.6 Å². The van der Waals surface area contributed by atoms with Crippen LogP contribution in [0.5, 0.6) is 5.75 Å². The van der Waals surface area contributed by atoms with E-state index in [-0.39, 0.29) is 11.9 Å². The van der Waals surface area contributed by atoms with Gasteiger partial charge in [0, 0.05) is 6.42 Å². The van der Waals surface area contributed by atoms with Crippen molar-refractivity contribution in [2.24, 2.45) is 11.3 Å². The van der Waals surface area contributed by atoms with E-state index in [0.29, 0.717) is 5.41 Å². The molecule has 0 saturated heterocycles. The molecule has 0 amide bonds. The zero-order valence-corrected chi connectivity index (χ0v) is 17.4. The third-order valence-electron chi connectivity index (χ3n) is 6.16. The van der Waals surface area contributed by atoms with E-state index in [0.717, 1.165) is 24.5 Å². The van der Waals surface area contributed by atoms with Gasteiger partial charge in [0.05, 0.1) is 5.60 Å². The van der Waals surface area contributed by atoms with Crippen molar-refractivity contribution in [2.45, 2.75) is 104 Å². The van der Waals surface area contributed by atoms with E-state index >= 15 is 0 Å². The van der Waals surface area contributed by atoms with Gasteiger partial charge in [0.1, 0.15) is 5.75 Å². The fourth-order valence-corrected chi connectivity index (χ4v) is 4.61. The molecule has 26 heavy (non-hydrogen) atoms. The molecule has 0 spiro atoms. The summed E-state index contributed by atoms with van der Waals surface area (Å²) in [5, 5.41) is 0. The summed E-state index contributed by atoms with van der Waals surface area (Å²) in [6, 6.07) is 8.55. The van der Waals surface area contributed by atoms with E-state index in [9.17, 15) is 0 Å². The van der Waals surface area contributed by atoms with Crippen molar-refractivity contribution < 1.29 is 9.47 Å². The van der Waals surface area contributed by atoms with E-state index in [1.165, 1.54) is 56.9 Å². The average Bonchev–Trinajstić information content (AvgIpc) is 2.58. The lowest BCUT2D eigenvalue weighted by atomic mass is 9.61. The Morgan fingerprint density at radius 3 is 2.42 bits per heavy atom. The molecule has 3 aliphatic rings. The highest BCUT2D eigenvalue weighted by atomic mass is 16.7. The Hall–Kier alpha value is -1.02. The molecular weight excluding hydrogens is 320 g/mol. The quantitative estimate of drug-likeness (QED) is 0.353. The topological polar surface area (TPSA) is 18.5 Å². The monoisotopic (exact) mass is 358 g/mol. The van der Waals surface area contributed by atoms with Gasteiger partial charge in [-0.3, -0.25) is 0 Å². The largest absolute Gasteiger partial charge is 0.465 e. The summed E-state index contributed by atoms with van der Waals surface area (Å²) < 4.78 is 12.9. The first-order valence-electron chi connectivity index (χ1n) is 10.8. The van der Waals surface area contributed by atoms with Crippen molar-refractivity contribution in [3.63, 3.8) is 0 Å². The Morgan fingerprint density at radius 1 is 1.12 bits per heavy atom. The minimum Gasteiger partial charge on any atom is -0.465 e. The molecule has 2 heteroatoms. The maximum Gasteiger partial charge on any atom is 0.200 e. The molecular formula is C24H38O2. The van der Waals surface area contributed by atoms with E-state index in [2.05, 4.69) is 52.0 Å². The number of benzene rings is 1. The van der Waals surface area contributed by atoms with Gasteiger partial charge in [-0.2, -0.15) is 0 Å². The summed E-state index contributed by atoms with van der Waals surface area (Å²) in [4.78, 5) is 0. The van der Waals surface area contributed by atoms with E-state index in [1.54, 1.807) is 0 Å². The summed E-state index contributed by atoms with van der Waals surface area (Å²) in [7, 11) is 0. The zero-order chi connectivity index (χ0) is 18.6. The Morgan fingerprint density at radius 2 is 1.85 bits per heavy atom. The number of unbranched alkanes of at least 4 members (excludes halogenated alkanes) is 1. The van der Waals surface area contributed by atoms with E-state index in [1.807, 2.05) is 0 Å². The second-order valence-electron chi connectivity index (χ2n) is 9.82. The molecule has 2 nitrogen and oxygen atoms in total. The van der Waals surface area contributed by atoms with Crippen LogP contribution in [0.4, 0.5) is 0 Å². The molecule has 0 aromatic heterocycles. The van der Waals surface area contributed by atoms with Crippen LogP contribution in [0.1, 0.15) is 91.0 Å². The molecule has 1 atom stereocenters. The van der Waals surface area contributed by atoms with Crippen molar-refractivity contribution in [1.82, 2.24) is 0 Å². The lowest BCUT2D eigenvalue weighted by Gasteiger charge is -2.53. The molecule has 0 N–H and O–H groups in total. The Kier molecular flexibility index (Phi) is 6.33. The van der Waals surface area contributed by atoms with Crippen LogP contribution in [-0.2, 0) is 11.2 Å². The third kappa shape index (κ3) is 5.49. The number of rotatable bonds is 9. The number of hydrogen-bond donors (Lipinski definition) is 0. The van der Waals surface area contributed by atoms with Gasteiger partial charge in [-0.15, -0.1) is 0 Å². The minimum atomic E-state index is -0.0958. The van der Waals surface area contributed by atoms with Crippen LogP contribution in [0.3, 0.4) is 0 Å². The minimum absolute atomic E-state index is 0.0958. The molecule has 3 fully saturated rings. The molecule has 2 bridgehead atoms. The number of hydrogen-bond acceptors (Lipinski definition) is 2. The number of aryl methyl sites for hydroxylation is 1. The summed E-state index contributed by atoms with van der Waals surface area (Å²) >= 11 is 0. The normalized spacial score (nSPS) is 26.2. The molecule has 0 heterocycles. The van der Waals surface area contributed by atoms with Gasteiger partial charge in [0.2, 0.25) is 0 Å². The van der Waals surface area contributed by atoms with Crippen LogP contribution < -0.4 is 4.74 Å². The van der Waals surface area contributed by atoms with Crippen molar-refractivity contribution in [3.05, 3.63) is 29.8 Å². The zero-order valence-electron chi connectivity index (χ0n) is 17.4. The van der Waals surface area contributed by atoms with Crippen LogP contribution in [0.25, 0.3) is 0 Å². The highest BCUT2D eigenvalue weighted by Crippen LogP contribution is 2.52. The Bertz CT molecular complexity index is 543. The predicted molar refractivity (Wildman–Crippen MR) is 109 cm³/mol. The van der Waals surface area contributed by atoms with Gasteiger partial charge in [-0.1, -0.05) is 59.1 Å². The summed E-state index contributed by atoms with van der Waals surface area (Å²) in [5.74, 6) is 1.86. The summed E-state index contributed by atoms with van der Waals surface area (Å²) in [5.41, 5.74) is 1.89. The third-order valence-corrected chi connectivity index (χ3v) is 6.16. The smallest absolute Gasteiger partial charge is 0.200 e. The second kappa shape index (κ2) is 8.33.